The van der Waals surface area contributed by atoms with Crippen molar-refractivity contribution in [3.8, 4) is 5.69 Å². The summed E-state index contributed by atoms with van der Waals surface area (Å²) in [6.07, 6.45) is 4.83. The number of imide groups is 1. The zero-order valence-electron chi connectivity index (χ0n) is 21.6. The summed E-state index contributed by atoms with van der Waals surface area (Å²) in [7, 11) is 1.76. The van der Waals surface area contributed by atoms with Crippen molar-refractivity contribution in [2.24, 2.45) is 30.7 Å². The molecule has 0 radical (unpaired) electrons. The van der Waals surface area contributed by atoms with E-state index in [2.05, 4.69) is 17.5 Å². The van der Waals surface area contributed by atoms with Crippen LogP contribution >= 0.6 is 0 Å². The summed E-state index contributed by atoms with van der Waals surface area (Å²) in [6.45, 7) is 3.68. The van der Waals surface area contributed by atoms with Crippen LogP contribution in [0.3, 0.4) is 0 Å². The summed E-state index contributed by atoms with van der Waals surface area (Å²) in [5.41, 5.74) is 2.78. The number of likely N-dealkylation sites (tertiary alicyclic amines) is 1. The van der Waals surface area contributed by atoms with Crippen LogP contribution in [0.25, 0.3) is 5.69 Å². The largest absolute Gasteiger partial charge is 0.320 e. The summed E-state index contributed by atoms with van der Waals surface area (Å²) >= 11 is 0. The van der Waals surface area contributed by atoms with Crippen LogP contribution in [0.2, 0.25) is 0 Å². The highest BCUT2D eigenvalue weighted by molar-refractivity contribution is 6.07. The quantitative estimate of drug-likeness (QED) is 0.405. The van der Waals surface area contributed by atoms with Gasteiger partial charge in [-0.2, -0.15) is 0 Å². The molecule has 2 fully saturated rings. The zero-order chi connectivity index (χ0) is 26.7. The first kappa shape index (κ1) is 24.2. The number of anilines is 1. The van der Waals surface area contributed by atoms with Gasteiger partial charge >= 0.3 is 0 Å². The molecule has 0 spiro atoms. The fourth-order valence-corrected chi connectivity index (χ4v) is 6.61. The third-order valence-electron chi connectivity index (χ3n) is 8.56. The number of rotatable bonds is 6. The number of carbonyl (C=O) groups is 3. The molecule has 1 aliphatic heterocycles. The lowest BCUT2D eigenvalue weighted by Crippen LogP contribution is -2.39. The molecule has 1 N–H and O–H groups in total. The minimum atomic E-state index is -0.749. The summed E-state index contributed by atoms with van der Waals surface area (Å²) in [6, 6.07) is 16.0. The molecule has 3 amide bonds. The number of hydrogen-bond acceptors (Lipinski definition) is 4. The number of aryl methyl sites for hydroxylation is 1. The Balaban J connectivity index is 1.32. The van der Waals surface area contributed by atoms with Crippen molar-refractivity contribution < 1.29 is 14.4 Å². The fraction of sp³-hybridized carbons (Fsp3) is 0.333. The second-order valence-corrected chi connectivity index (χ2v) is 10.6. The molecule has 5 unspecified atom stereocenters. The number of allylic oxidation sites excluding steroid dienone is 2. The van der Waals surface area contributed by atoms with Gasteiger partial charge in [-0.3, -0.25) is 28.8 Å². The van der Waals surface area contributed by atoms with E-state index in [0.717, 1.165) is 17.5 Å². The zero-order valence-corrected chi connectivity index (χ0v) is 21.6. The Kier molecular flexibility index (Phi) is 5.70. The average molecular weight is 511 g/mol. The van der Waals surface area contributed by atoms with Crippen LogP contribution in [0.5, 0.6) is 0 Å². The Morgan fingerprint density at radius 2 is 1.53 bits per heavy atom. The average Bonchev–Trinajstić information content (AvgIpc) is 3.64. The summed E-state index contributed by atoms with van der Waals surface area (Å²) < 4.78 is 3.20. The molecular formula is C30H30N4O4. The maximum Gasteiger partial charge on any atom is 0.295 e. The van der Waals surface area contributed by atoms with Crippen molar-refractivity contribution in [3.05, 3.63) is 93.9 Å². The number of hydrogen-bond donors (Lipinski definition) is 1. The standard InChI is InChI=1S/C30H30N4O4/c1-17-9-7-8-12-22(17)23(33-28(36)25-19-13-14-20(15-19)26(25)29(33)37)16-24(35)31-27-18(2)32(3)34(30(27)38)21-10-5-4-6-11-21/h4-14,19-20,23,25-26H,15-16H2,1-3H3,(H,31,35). The third-order valence-corrected chi connectivity index (χ3v) is 8.56. The molecule has 1 aromatic heterocycles. The van der Waals surface area contributed by atoms with E-state index in [1.54, 1.807) is 18.7 Å². The van der Waals surface area contributed by atoms with Gasteiger partial charge in [-0.25, -0.2) is 4.68 Å². The van der Waals surface area contributed by atoms with Crippen molar-refractivity contribution >= 4 is 23.4 Å². The van der Waals surface area contributed by atoms with Gasteiger partial charge in [-0.15, -0.1) is 0 Å². The highest BCUT2D eigenvalue weighted by Gasteiger charge is 2.60. The number of fused-ring (bicyclic) bond motifs is 5. The Morgan fingerprint density at radius 3 is 2.16 bits per heavy atom. The van der Waals surface area contributed by atoms with Crippen LogP contribution in [0.4, 0.5) is 5.69 Å². The van der Waals surface area contributed by atoms with Crippen molar-refractivity contribution in [2.45, 2.75) is 32.7 Å². The second-order valence-electron chi connectivity index (χ2n) is 10.6. The maximum atomic E-state index is 13.6. The van der Waals surface area contributed by atoms with Crippen LogP contribution in [0.1, 0.15) is 35.7 Å². The van der Waals surface area contributed by atoms with E-state index in [4.69, 9.17) is 0 Å². The molecule has 6 rings (SSSR count). The van der Waals surface area contributed by atoms with E-state index in [1.807, 2.05) is 61.5 Å². The monoisotopic (exact) mass is 510 g/mol. The number of carbonyl (C=O) groups excluding carboxylic acids is 3. The van der Waals surface area contributed by atoms with Crippen LogP contribution in [-0.2, 0) is 21.4 Å². The van der Waals surface area contributed by atoms with Gasteiger partial charge < -0.3 is 5.32 Å². The van der Waals surface area contributed by atoms with Crippen LogP contribution in [-0.4, -0.2) is 32.0 Å². The van der Waals surface area contributed by atoms with Crippen molar-refractivity contribution in [1.82, 2.24) is 14.3 Å². The summed E-state index contributed by atoms with van der Waals surface area (Å²) in [4.78, 5) is 55.5. The second kappa shape index (κ2) is 8.97. The first-order valence-electron chi connectivity index (χ1n) is 13.0. The molecular weight excluding hydrogens is 480 g/mol. The topological polar surface area (TPSA) is 93.4 Å². The fourth-order valence-electron chi connectivity index (χ4n) is 6.61. The van der Waals surface area contributed by atoms with Gasteiger partial charge in [0.05, 0.1) is 35.7 Å². The molecule has 3 aromatic rings. The number of nitrogens with zero attached hydrogens (tertiary/aromatic N) is 3. The molecule has 1 saturated heterocycles. The van der Waals surface area contributed by atoms with Gasteiger partial charge in [-0.1, -0.05) is 54.6 Å². The van der Waals surface area contributed by atoms with E-state index >= 15 is 0 Å². The number of benzene rings is 2. The molecule has 3 aliphatic rings. The lowest BCUT2D eigenvalue weighted by atomic mass is 9.85. The summed E-state index contributed by atoms with van der Waals surface area (Å²) in [5.74, 6) is -1.34. The predicted molar refractivity (Wildman–Crippen MR) is 142 cm³/mol. The molecule has 8 nitrogen and oxygen atoms in total. The molecule has 38 heavy (non-hydrogen) atoms. The number of aromatic nitrogens is 2. The molecule has 2 bridgehead atoms. The molecule has 1 saturated carbocycles. The normalized spacial score (nSPS) is 24.2. The number of para-hydroxylation sites is 1. The Bertz CT molecular complexity index is 1520. The van der Waals surface area contributed by atoms with Gasteiger partial charge in [0, 0.05) is 7.05 Å². The highest BCUT2D eigenvalue weighted by atomic mass is 16.2. The van der Waals surface area contributed by atoms with Crippen molar-refractivity contribution in [2.75, 3.05) is 5.32 Å². The van der Waals surface area contributed by atoms with Crippen LogP contribution in [0, 0.1) is 37.5 Å². The van der Waals surface area contributed by atoms with Gasteiger partial charge in [-0.05, 0) is 55.4 Å². The van der Waals surface area contributed by atoms with Gasteiger partial charge in [0.15, 0.2) is 0 Å². The lowest BCUT2D eigenvalue weighted by Gasteiger charge is -2.29. The van der Waals surface area contributed by atoms with Crippen LogP contribution in [0.15, 0.2) is 71.5 Å². The smallest absolute Gasteiger partial charge is 0.295 e. The molecule has 2 aromatic carbocycles. The van der Waals surface area contributed by atoms with Gasteiger partial charge in [0.2, 0.25) is 17.7 Å². The minimum absolute atomic E-state index is 0.0845. The highest BCUT2D eigenvalue weighted by Crippen LogP contribution is 2.54. The number of nitrogens with one attached hydrogen (secondary N) is 1. The molecule has 5 atom stereocenters. The van der Waals surface area contributed by atoms with E-state index in [1.165, 1.54) is 9.58 Å². The minimum Gasteiger partial charge on any atom is -0.320 e. The summed E-state index contributed by atoms with van der Waals surface area (Å²) in [5, 5.41) is 2.81. The predicted octanol–water partition coefficient (Wildman–Crippen LogP) is 3.67. The van der Waals surface area contributed by atoms with Gasteiger partial charge in [0.25, 0.3) is 5.56 Å². The Labute approximate surface area is 220 Å². The van der Waals surface area contributed by atoms with Gasteiger partial charge in [0.1, 0.15) is 5.69 Å². The third kappa shape index (κ3) is 3.58. The van der Waals surface area contributed by atoms with E-state index in [-0.39, 0.29) is 53.2 Å². The maximum absolute atomic E-state index is 13.6. The number of amides is 3. The van der Waals surface area contributed by atoms with Crippen molar-refractivity contribution in [3.63, 3.8) is 0 Å². The lowest BCUT2D eigenvalue weighted by molar-refractivity contribution is -0.144. The first-order chi connectivity index (χ1) is 18.3. The Hall–Kier alpha value is -4.20. The van der Waals surface area contributed by atoms with E-state index in [0.29, 0.717) is 11.4 Å². The van der Waals surface area contributed by atoms with E-state index < -0.39 is 11.9 Å². The van der Waals surface area contributed by atoms with Crippen molar-refractivity contribution in [1.29, 1.82) is 0 Å². The molecule has 2 aliphatic carbocycles. The first-order valence-corrected chi connectivity index (χ1v) is 13.0. The molecule has 8 heteroatoms. The molecule has 2 heterocycles. The van der Waals surface area contributed by atoms with E-state index in [9.17, 15) is 19.2 Å². The SMILES string of the molecule is Cc1ccccc1C(CC(=O)Nc1c(C)n(C)n(-c2ccccc2)c1=O)N1C(=O)C2C3C=CC(C3)C2C1=O. The Morgan fingerprint density at radius 1 is 0.921 bits per heavy atom. The van der Waals surface area contributed by atoms with Crippen LogP contribution < -0.4 is 10.9 Å². The molecule has 194 valence electrons.